The highest BCUT2D eigenvalue weighted by Gasteiger charge is 2.22. The second-order valence-electron chi connectivity index (χ2n) is 4.59. The van der Waals surface area contributed by atoms with Gasteiger partial charge in [0.15, 0.2) is 5.69 Å². The molecule has 0 radical (unpaired) electrons. The second kappa shape index (κ2) is 6.95. The number of aromatic nitrogens is 3. The van der Waals surface area contributed by atoms with Crippen LogP contribution >= 0.6 is 0 Å². The molecular weight excluding hydrogens is 306 g/mol. The molecule has 23 heavy (non-hydrogen) atoms. The monoisotopic (exact) mass is 323 g/mol. The summed E-state index contributed by atoms with van der Waals surface area (Å²) in [6.07, 6.45) is 0.00454. The van der Waals surface area contributed by atoms with Crippen LogP contribution in [-0.4, -0.2) is 45.0 Å². The number of nitrogens with one attached hydrogen (secondary N) is 1. The minimum atomic E-state index is -0.727. The topological polar surface area (TPSA) is 124 Å². The van der Waals surface area contributed by atoms with E-state index >= 15 is 0 Å². The fraction of sp³-hybridized carbons (Fsp3) is 0.429. The number of ether oxygens (including phenoxy) is 2. The number of hydrogen-bond acceptors (Lipinski definition) is 7. The van der Waals surface area contributed by atoms with E-state index in [0.717, 1.165) is 6.07 Å². The molecule has 0 aromatic carbocycles. The molecule has 9 heteroatoms. The molecule has 2 aromatic rings. The Balaban J connectivity index is 2.46. The summed E-state index contributed by atoms with van der Waals surface area (Å²) in [5.41, 5.74) is -0.537. The van der Waals surface area contributed by atoms with E-state index in [1.54, 1.807) is 13.8 Å². The molecule has 124 valence electrons. The number of hydrogen-bond donors (Lipinski definition) is 2. The summed E-state index contributed by atoms with van der Waals surface area (Å²) < 4.78 is 11.0. The van der Waals surface area contributed by atoms with Crippen LogP contribution in [-0.2, 0) is 20.8 Å². The molecular formula is C14H17N3O6. The van der Waals surface area contributed by atoms with Gasteiger partial charge >= 0.3 is 11.9 Å². The quantitative estimate of drug-likeness (QED) is 0.744. The number of rotatable bonds is 6. The van der Waals surface area contributed by atoms with E-state index in [1.807, 2.05) is 0 Å². The zero-order valence-corrected chi connectivity index (χ0v) is 12.8. The van der Waals surface area contributed by atoms with Crippen LogP contribution < -0.4 is 5.56 Å². The van der Waals surface area contributed by atoms with Gasteiger partial charge in [-0.1, -0.05) is 0 Å². The van der Waals surface area contributed by atoms with Gasteiger partial charge < -0.3 is 19.6 Å². The van der Waals surface area contributed by atoms with E-state index < -0.39 is 17.5 Å². The molecule has 0 aliphatic rings. The van der Waals surface area contributed by atoms with Gasteiger partial charge in [-0.3, -0.25) is 9.59 Å². The van der Waals surface area contributed by atoms with Crippen LogP contribution in [0.15, 0.2) is 10.9 Å². The summed E-state index contributed by atoms with van der Waals surface area (Å²) in [7, 11) is 0. The summed E-state index contributed by atoms with van der Waals surface area (Å²) in [6, 6.07) is 0.947. The number of carbonyl (C=O) groups excluding carboxylic acids is 2. The number of H-pyrrole nitrogens is 1. The maximum Gasteiger partial charge on any atom is 0.359 e. The summed E-state index contributed by atoms with van der Waals surface area (Å²) >= 11 is 0. The summed E-state index contributed by atoms with van der Waals surface area (Å²) in [4.78, 5) is 37.4. The molecule has 2 rings (SSSR count). The Morgan fingerprint density at radius 3 is 2.65 bits per heavy atom. The number of fused-ring (bicyclic) bond motifs is 1. The summed E-state index contributed by atoms with van der Waals surface area (Å²) in [5, 5.41) is 14.1. The number of aromatic hydroxyl groups is 1. The van der Waals surface area contributed by atoms with Gasteiger partial charge in [-0.25, -0.2) is 9.48 Å². The molecule has 0 atom stereocenters. The predicted octanol–water partition coefficient (Wildman–Crippen LogP) is 0.560. The zero-order chi connectivity index (χ0) is 17.0. The van der Waals surface area contributed by atoms with Gasteiger partial charge in [0.25, 0.3) is 5.56 Å². The van der Waals surface area contributed by atoms with Crippen molar-refractivity contribution in [2.45, 2.75) is 26.8 Å². The van der Waals surface area contributed by atoms with Crippen LogP contribution in [0.2, 0.25) is 0 Å². The Morgan fingerprint density at radius 2 is 2.00 bits per heavy atom. The maximum atomic E-state index is 12.0. The van der Waals surface area contributed by atoms with Crippen LogP contribution in [0.4, 0.5) is 0 Å². The van der Waals surface area contributed by atoms with Crippen molar-refractivity contribution in [2.75, 3.05) is 13.2 Å². The molecule has 0 fully saturated rings. The van der Waals surface area contributed by atoms with Crippen LogP contribution in [0.1, 0.15) is 30.8 Å². The highest BCUT2D eigenvalue weighted by atomic mass is 16.5. The first-order valence-corrected chi connectivity index (χ1v) is 7.13. The van der Waals surface area contributed by atoms with E-state index in [9.17, 15) is 19.5 Å². The van der Waals surface area contributed by atoms with Gasteiger partial charge in [-0.15, -0.1) is 0 Å². The third kappa shape index (κ3) is 3.50. The number of carbonyl (C=O) groups is 2. The summed E-state index contributed by atoms with van der Waals surface area (Å²) in [6.45, 7) is 3.80. The Kier molecular flexibility index (Phi) is 4.99. The van der Waals surface area contributed by atoms with Gasteiger partial charge in [0.05, 0.1) is 31.6 Å². The molecule has 0 aliphatic heterocycles. The fourth-order valence-electron chi connectivity index (χ4n) is 2.12. The highest BCUT2D eigenvalue weighted by Crippen LogP contribution is 2.25. The average Bonchev–Trinajstić information content (AvgIpc) is 2.84. The van der Waals surface area contributed by atoms with Crippen molar-refractivity contribution in [3.63, 3.8) is 0 Å². The third-order valence-electron chi connectivity index (χ3n) is 3.02. The third-order valence-corrected chi connectivity index (χ3v) is 3.02. The molecule has 0 saturated heterocycles. The van der Waals surface area contributed by atoms with Crippen molar-refractivity contribution in [1.82, 2.24) is 14.8 Å². The van der Waals surface area contributed by atoms with E-state index in [4.69, 9.17) is 9.47 Å². The fourth-order valence-corrected chi connectivity index (χ4v) is 2.12. The van der Waals surface area contributed by atoms with Crippen molar-refractivity contribution in [3.8, 4) is 5.75 Å². The maximum absolute atomic E-state index is 12.0. The lowest BCUT2D eigenvalue weighted by Crippen LogP contribution is -2.12. The lowest BCUT2D eigenvalue weighted by atomic mass is 10.2. The van der Waals surface area contributed by atoms with E-state index in [0.29, 0.717) is 0 Å². The van der Waals surface area contributed by atoms with Crippen LogP contribution in [0.3, 0.4) is 0 Å². The van der Waals surface area contributed by atoms with Gasteiger partial charge in [0, 0.05) is 6.07 Å². The smallest absolute Gasteiger partial charge is 0.359 e. The Morgan fingerprint density at radius 1 is 1.30 bits per heavy atom. The minimum Gasteiger partial charge on any atom is -0.507 e. The first-order chi connectivity index (χ1) is 11.0. The minimum absolute atomic E-state index is 0.00454. The number of esters is 2. The van der Waals surface area contributed by atoms with E-state index in [2.05, 4.69) is 10.1 Å². The van der Waals surface area contributed by atoms with Crippen LogP contribution in [0, 0.1) is 0 Å². The molecule has 9 nitrogen and oxygen atoms in total. The molecule has 2 aromatic heterocycles. The Hall–Kier alpha value is -2.84. The molecule has 2 N–H and O–H groups in total. The van der Waals surface area contributed by atoms with Crippen molar-refractivity contribution < 1.29 is 24.2 Å². The molecule has 0 amide bonds. The molecule has 0 unspecified atom stereocenters. The van der Waals surface area contributed by atoms with Gasteiger partial charge in [-0.2, -0.15) is 5.10 Å². The normalized spacial score (nSPS) is 10.7. The average molecular weight is 323 g/mol. The number of nitrogens with zero attached hydrogens (tertiary/aromatic N) is 2. The van der Waals surface area contributed by atoms with Gasteiger partial charge in [0.2, 0.25) is 0 Å². The SMILES string of the molecule is CCOC(=O)CCn1nc(C(=O)OCC)c2c(O)cc(=O)[nH]c21. The highest BCUT2D eigenvalue weighted by molar-refractivity contribution is 6.03. The molecule has 0 saturated carbocycles. The lowest BCUT2D eigenvalue weighted by molar-refractivity contribution is -0.143. The van der Waals surface area contributed by atoms with Crippen LogP contribution in [0.5, 0.6) is 5.75 Å². The van der Waals surface area contributed by atoms with Gasteiger partial charge in [-0.05, 0) is 13.8 Å². The van der Waals surface area contributed by atoms with Crippen molar-refractivity contribution >= 4 is 23.0 Å². The number of aromatic amines is 1. The van der Waals surface area contributed by atoms with Crippen molar-refractivity contribution in [2.24, 2.45) is 0 Å². The van der Waals surface area contributed by atoms with Crippen molar-refractivity contribution in [3.05, 3.63) is 22.1 Å². The van der Waals surface area contributed by atoms with Crippen LogP contribution in [0.25, 0.3) is 11.0 Å². The molecule has 0 aliphatic carbocycles. The number of pyridine rings is 1. The Bertz CT molecular complexity index is 792. The van der Waals surface area contributed by atoms with Gasteiger partial charge in [0.1, 0.15) is 11.4 Å². The molecule has 2 heterocycles. The second-order valence-corrected chi connectivity index (χ2v) is 4.59. The standard InChI is InChI=1S/C14H17N3O6/c1-3-22-10(20)5-6-17-13-11(8(18)7-9(19)15-13)12(16-17)14(21)23-4-2/h7H,3-6H2,1-2H3,(H2,15,18,19). The zero-order valence-electron chi connectivity index (χ0n) is 12.8. The van der Waals surface area contributed by atoms with E-state index in [-0.39, 0.29) is 48.7 Å². The number of aryl methyl sites for hydroxylation is 1. The predicted molar refractivity (Wildman–Crippen MR) is 79.2 cm³/mol. The largest absolute Gasteiger partial charge is 0.507 e. The molecule has 0 bridgehead atoms. The Labute approximate surface area is 130 Å². The first-order valence-electron chi connectivity index (χ1n) is 7.13. The van der Waals surface area contributed by atoms with E-state index in [1.165, 1.54) is 4.68 Å². The van der Waals surface area contributed by atoms with Crippen molar-refractivity contribution in [1.29, 1.82) is 0 Å². The molecule has 0 spiro atoms. The first kappa shape index (κ1) is 16.5. The lowest BCUT2D eigenvalue weighted by Gasteiger charge is -2.03. The summed E-state index contributed by atoms with van der Waals surface area (Å²) in [5.74, 6) is -1.54.